The maximum absolute atomic E-state index is 11.4. The molecule has 6 nitrogen and oxygen atoms in total. The number of hydrogen-bond donors (Lipinski definition) is 0. The summed E-state index contributed by atoms with van der Waals surface area (Å²) >= 11 is 0. The molecule has 2 aromatic rings. The Kier molecular flexibility index (Phi) is 7.26. The quantitative estimate of drug-likeness (QED) is 0.379. The Morgan fingerprint density at radius 3 is 2.15 bits per heavy atom. The minimum absolute atomic E-state index is 0.305. The molecule has 0 heterocycles. The Morgan fingerprint density at radius 1 is 1.11 bits per heavy atom. The monoisotopic (exact) mass is 362 g/mol. The zero-order chi connectivity index (χ0) is 19.6. The normalized spacial score (nSPS) is 10.4. The zero-order valence-corrected chi connectivity index (χ0v) is 15.6. The third-order valence-corrected chi connectivity index (χ3v) is 3.82. The molecule has 0 aliphatic carbocycles. The summed E-state index contributed by atoms with van der Waals surface area (Å²) in [5.41, 5.74) is 3.42. The highest BCUT2D eigenvalue weighted by atomic mass is 16.5. The van der Waals surface area contributed by atoms with Crippen LogP contribution < -0.4 is 4.90 Å². The van der Waals surface area contributed by atoms with Crippen LogP contribution in [-0.2, 0) is 9.53 Å². The molecule has 2 rings (SSSR count). The molecule has 0 fully saturated rings. The van der Waals surface area contributed by atoms with Crippen LogP contribution in [0.15, 0.2) is 70.9 Å². The molecule has 0 bridgehead atoms. The Balaban J connectivity index is 1.95. The summed E-state index contributed by atoms with van der Waals surface area (Å²) in [6, 6.07) is 16.7. The van der Waals surface area contributed by atoms with Crippen molar-refractivity contribution in [1.82, 2.24) is 0 Å². The van der Waals surface area contributed by atoms with Gasteiger partial charge in [-0.1, -0.05) is 6.58 Å². The number of carbonyl (C=O) groups is 1. The Labute approximate surface area is 159 Å². The smallest absolute Gasteiger partial charge is 0.333 e. The van der Waals surface area contributed by atoms with Gasteiger partial charge in [-0.3, -0.25) is 0 Å². The van der Waals surface area contributed by atoms with Gasteiger partial charge in [-0.25, -0.2) is 4.79 Å². The van der Waals surface area contributed by atoms with E-state index in [-0.39, 0.29) is 5.97 Å². The second-order valence-electron chi connectivity index (χ2n) is 5.87. The van der Waals surface area contributed by atoms with E-state index in [0.717, 1.165) is 17.9 Å². The van der Waals surface area contributed by atoms with E-state index in [1.165, 1.54) is 0 Å². The second-order valence-corrected chi connectivity index (χ2v) is 5.87. The molecule has 0 spiro atoms. The molecule has 138 valence electrons. The Bertz CT molecular complexity index is 849. The maximum Gasteiger partial charge on any atom is 0.333 e. The lowest BCUT2D eigenvalue weighted by atomic mass is 10.2. The fourth-order valence-corrected chi connectivity index (χ4v) is 2.29. The van der Waals surface area contributed by atoms with E-state index in [2.05, 4.69) is 27.8 Å². The molecule has 0 saturated heterocycles. The number of benzene rings is 2. The number of anilines is 1. The summed E-state index contributed by atoms with van der Waals surface area (Å²) in [6.45, 7) is 8.93. The number of hydrogen-bond acceptors (Lipinski definition) is 6. The molecular formula is C21H22N4O2. The van der Waals surface area contributed by atoms with Crippen molar-refractivity contribution in [3.8, 4) is 6.07 Å². The lowest BCUT2D eigenvalue weighted by Crippen LogP contribution is -2.28. The standard InChI is InChI=1S/C21H22N4O2/c1-4-25(13-14-27-21(26)16(2)3)20-11-9-19(10-12-20)24-23-18-7-5-17(15-22)6-8-18/h5-12H,2,4,13-14H2,1,3H3. The number of ether oxygens (including phenoxy) is 1. The second kappa shape index (κ2) is 9.88. The van der Waals surface area contributed by atoms with Crippen molar-refractivity contribution in [2.75, 3.05) is 24.6 Å². The molecule has 0 amide bonds. The van der Waals surface area contributed by atoms with E-state index in [0.29, 0.717) is 30.0 Å². The fraction of sp³-hybridized carbons (Fsp3) is 0.238. The van der Waals surface area contributed by atoms with E-state index in [4.69, 9.17) is 10.00 Å². The predicted octanol–water partition coefficient (Wildman–Crippen LogP) is 4.92. The molecule has 27 heavy (non-hydrogen) atoms. The van der Waals surface area contributed by atoms with Gasteiger partial charge in [0.15, 0.2) is 0 Å². The van der Waals surface area contributed by atoms with Crippen LogP contribution in [0.1, 0.15) is 19.4 Å². The molecule has 0 N–H and O–H groups in total. The third kappa shape index (κ3) is 6.08. The average Bonchev–Trinajstić information content (AvgIpc) is 2.70. The van der Waals surface area contributed by atoms with Crippen molar-refractivity contribution >= 4 is 23.0 Å². The number of carbonyl (C=O) groups excluding carboxylic acids is 1. The van der Waals surface area contributed by atoms with Crippen molar-refractivity contribution in [3.63, 3.8) is 0 Å². The van der Waals surface area contributed by atoms with Crippen LogP contribution in [0.3, 0.4) is 0 Å². The molecule has 0 radical (unpaired) electrons. The van der Waals surface area contributed by atoms with E-state index >= 15 is 0 Å². The van der Waals surface area contributed by atoms with Crippen LogP contribution in [0, 0.1) is 11.3 Å². The van der Waals surface area contributed by atoms with Crippen molar-refractivity contribution in [1.29, 1.82) is 5.26 Å². The van der Waals surface area contributed by atoms with Gasteiger partial charge in [0, 0.05) is 17.8 Å². The number of nitrogens with zero attached hydrogens (tertiary/aromatic N) is 4. The van der Waals surface area contributed by atoms with Gasteiger partial charge in [0.25, 0.3) is 0 Å². The molecule has 0 aliphatic rings. The van der Waals surface area contributed by atoms with Crippen molar-refractivity contribution in [3.05, 3.63) is 66.2 Å². The van der Waals surface area contributed by atoms with Crippen molar-refractivity contribution in [2.45, 2.75) is 13.8 Å². The van der Waals surface area contributed by atoms with Gasteiger partial charge in [-0.05, 0) is 62.4 Å². The molecular weight excluding hydrogens is 340 g/mol. The summed E-state index contributed by atoms with van der Waals surface area (Å²) in [5, 5.41) is 17.2. The lowest BCUT2D eigenvalue weighted by molar-refractivity contribution is -0.138. The Hall–Kier alpha value is -3.46. The van der Waals surface area contributed by atoms with Crippen LogP contribution in [-0.4, -0.2) is 25.7 Å². The van der Waals surface area contributed by atoms with Crippen LogP contribution >= 0.6 is 0 Å². The van der Waals surface area contributed by atoms with E-state index < -0.39 is 0 Å². The summed E-state index contributed by atoms with van der Waals surface area (Å²) in [7, 11) is 0. The summed E-state index contributed by atoms with van der Waals surface area (Å²) in [4.78, 5) is 13.5. The minimum atomic E-state index is -0.371. The highest BCUT2D eigenvalue weighted by Crippen LogP contribution is 2.22. The van der Waals surface area contributed by atoms with Gasteiger partial charge >= 0.3 is 5.97 Å². The summed E-state index contributed by atoms with van der Waals surface area (Å²) in [5.74, 6) is -0.371. The molecule has 0 aromatic heterocycles. The third-order valence-electron chi connectivity index (χ3n) is 3.82. The van der Waals surface area contributed by atoms with E-state index in [9.17, 15) is 4.79 Å². The highest BCUT2D eigenvalue weighted by Gasteiger charge is 2.07. The molecule has 0 aliphatic heterocycles. The molecule has 0 atom stereocenters. The molecule has 2 aromatic carbocycles. The molecule has 6 heteroatoms. The first-order valence-corrected chi connectivity index (χ1v) is 8.63. The summed E-state index contributed by atoms with van der Waals surface area (Å²) < 4.78 is 5.15. The fourth-order valence-electron chi connectivity index (χ4n) is 2.29. The number of esters is 1. The van der Waals surface area contributed by atoms with E-state index in [1.54, 1.807) is 31.2 Å². The SMILES string of the molecule is C=C(C)C(=O)OCCN(CC)c1ccc(N=Nc2ccc(C#N)cc2)cc1. The number of rotatable bonds is 8. The van der Waals surface area contributed by atoms with Gasteiger partial charge in [0.1, 0.15) is 6.61 Å². The largest absolute Gasteiger partial charge is 0.460 e. The lowest BCUT2D eigenvalue weighted by Gasteiger charge is -2.22. The first-order valence-electron chi connectivity index (χ1n) is 8.63. The van der Waals surface area contributed by atoms with Gasteiger partial charge < -0.3 is 9.64 Å². The Morgan fingerprint density at radius 2 is 1.67 bits per heavy atom. The van der Waals surface area contributed by atoms with Crippen LogP contribution in [0.4, 0.5) is 17.1 Å². The van der Waals surface area contributed by atoms with Crippen molar-refractivity contribution < 1.29 is 9.53 Å². The van der Waals surface area contributed by atoms with Gasteiger partial charge in [-0.2, -0.15) is 15.5 Å². The van der Waals surface area contributed by atoms with Gasteiger partial charge in [0.2, 0.25) is 0 Å². The first-order chi connectivity index (χ1) is 13.0. The topological polar surface area (TPSA) is 78.0 Å². The van der Waals surface area contributed by atoms with Crippen LogP contribution in [0.25, 0.3) is 0 Å². The predicted molar refractivity (Wildman–Crippen MR) is 105 cm³/mol. The highest BCUT2D eigenvalue weighted by molar-refractivity contribution is 5.86. The number of nitriles is 1. The number of azo groups is 1. The van der Waals surface area contributed by atoms with Crippen LogP contribution in [0.5, 0.6) is 0 Å². The van der Waals surface area contributed by atoms with E-state index in [1.807, 2.05) is 31.2 Å². The average molecular weight is 362 g/mol. The molecule has 0 unspecified atom stereocenters. The van der Waals surface area contributed by atoms with Gasteiger partial charge in [0.05, 0.1) is 29.6 Å². The minimum Gasteiger partial charge on any atom is -0.460 e. The molecule has 0 saturated carbocycles. The van der Waals surface area contributed by atoms with Gasteiger partial charge in [-0.15, -0.1) is 0 Å². The maximum atomic E-state index is 11.4. The van der Waals surface area contributed by atoms with Crippen LogP contribution in [0.2, 0.25) is 0 Å². The number of likely N-dealkylation sites (N-methyl/N-ethyl adjacent to an activating group) is 1. The van der Waals surface area contributed by atoms with Crippen molar-refractivity contribution in [2.24, 2.45) is 10.2 Å². The zero-order valence-electron chi connectivity index (χ0n) is 15.6. The first kappa shape index (κ1) is 19.9. The summed E-state index contributed by atoms with van der Waals surface area (Å²) in [6.07, 6.45) is 0.